The second-order valence-corrected chi connectivity index (χ2v) is 4.76. The van der Waals surface area contributed by atoms with E-state index in [-0.39, 0.29) is 6.04 Å². The van der Waals surface area contributed by atoms with Crippen LogP contribution in [-0.2, 0) is 6.54 Å². The Labute approximate surface area is 109 Å². The number of aryl methyl sites for hydroxylation is 2. The third kappa shape index (κ3) is 2.40. The molecule has 1 atom stereocenters. The Morgan fingerprint density at radius 2 is 2.18 bits per heavy atom. The monoisotopic (exact) mass is 294 g/mol. The van der Waals surface area contributed by atoms with Crippen molar-refractivity contribution < 1.29 is 0 Å². The minimum absolute atomic E-state index is 0.208. The molecule has 17 heavy (non-hydrogen) atoms. The zero-order chi connectivity index (χ0) is 12.4. The number of hydrogen-bond acceptors (Lipinski definition) is 3. The first kappa shape index (κ1) is 12.3. The van der Waals surface area contributed by atoms with Gasteiger partial charge in [0.25, 0.3) is 0 Å². The zero-order valence-corrected chi connectivity index (χ0v) is 11.5. The lowest BCUT2D eigenvalue weighted by molar-refractivity contribution is 0.599. The maximum Gasteiger partial charge on any atom is 0.0749 e. The highest BCUT2D eigenvalue weighted by atomic mass is 79.9. The molecular formula is C12H15BrN4. The molecule has 0 amide bonds. The molecule has 5 heteroatoms. The lowest BCUT2D eigenvalue weighted by Gasteiger charge is -2.14. The van der Waals surface area contributed by atoms with Crippen LogP contribution in [0.2, 0.25) is 0 Å². The van der Waals surface area contributed by atoms with Crippen molar-refractivity contribution in [1.29, 1.82) is 0 Å². The van der Waals surface area contributed by atoms with Crippen LogP contribution in [0.1, 0.15) is 29.9 Å². The molecule has 1 unspecified atom stereocenters. The second kappa shape index (κ2) is 4.98. The van der Waals surface area contributed by atoms with Crippen LogP contribution in [-0.4, -0.2) is 14.8 Å². The van der Waals surface area contributed by atoms with Gasteiger partial charge in [-0.05, 0) is 41.4 Å². The summed E-state index contributed by atoms with van der Waals surface area (Å²) < 4.78 is 2.83. The molecule has 0 aliphatic heterocycles. The van der Waals surface area contributed by atoms with Gasteiger partial charge in [0.1, 0.15) is 0 Å². The predicted molar refractivity (Wildman–Crippen MR) is 70.6 cm³/mol. The molecule has 2 aromatic heterocycles. The molecular weight excluding hydrogens is 280 g/mol. The van der Waals surface area contributed by atoms with Crippen LogP contribution in [0.25, 0.3) is 0 Å². The van der Waals surface area contributed by atoms with Crippen LogP contribution in [0.15, 0.2) is 29.0 Å². The van der Waals surface area contributed by atoms with Crippen molar-refractivity contribution in [2.24, 2.45) is 5.73 Å². The van der Waals surface area contributed by atoms with E-state index in [1.807, 2.05) is 36.9 Å². The summed E-state index contributed by atoms with van der Waals surface area (Å²) >= 11 is 3.49. The summed E-state index contributed by atoms with van der Waals surface area (Å²) in [5.41, 5.74) is 9.22. The average Bonchev–Trinajstić information content (AvgIpc) is 2.70. The van der Waals surface area contributed by atoms with E-state index in [2.05, 4.69) is 26.0 Å². The number of rotatable bonds is 3. The summed E-state index contributed by atoms with van der Waals surface area (Å²) in [5.74, 6) is 0. The number of hydrogen-bond donors (Lipinski definition) is 1. The standard InChI is InChI=1S/C12H15BrN4/c1-3-17-12(10(13)7-16-17)11(14)9-5-4-8(2)15-6-9/h4-7,11H,3,14H2,1-2H3. The van der Waals surface area contributed by atoms with Gasteiger partial charge >= 0.3 is 0 Å². The number of aromatic nitrogens is 3. The molecule has 0 fully saturated rings. The lowest BCUT2D eigenvalue weighted by Crippen LogP contribution is -2.18. The minimum Gasteiger partial charge on any atom is -0.319 e. The highest BCUT2D eigenvalue weighted by Crippen LogP contribution is 2.26. The van der Waals surface area contributed by atoms with Crippen LogP contribution in [0.5, 0.6) is 0 Å². The van der Waals surface area contributed by atoms with E-state index in [9.17, 15) is 0 Å². The Morgan fingerprint density at radius 1 is 1.41 bits per heavy atom. The number of halogens is 1. The minimum atomic E-state index is -0.208. The van der Waals surface area contributed by atoms with E-state index in [0.29, 0.717) is 0 Å². The second-order valence-electron chi connectivity index (χ2n) is 3.90. The topological polar surface area (TPSA) is 56.7 Å². The number of pyridine rings is 1. The Bertz CT molecular complexity index is 504. The summed E-state index contributed by atoms with van der Waals surface area (Å²) in [6.45, 7) is 4.80. The summed E-state index contributed by atoms with van der Waals surface area (Å²) in [6.07, 6.45) is 3.60. The van der Waals surface area contributed by atoms with Crippen molar-refractivity contribution in [2.45, 2.75) is 26.4 Å². The normalized spacial score (nSPS) is 12.7. The molecule has 0 aromatic carbocycles. The van der Waals surface area contributed by atoms with E-state index < -0.39 is 0 Å². The van der Waals surface area contributed by atoms with Crippen LogP contribution < -0.4 is 5.73 Å². The SMILES string of the molecule is CCn1ncc(Br)c1C(N)c1ccc(C)nc1. The van der Waals surface area contributed by atoms with Crippen LogP contribution in [0, 0.1) is 6.92 Å². The highest BCUT2D eigenvalue weighted by Gasteiger charge is 2.17. The largest absolute Gasteiger partial charge is 0.319 e. The van der Waals surface area contributed by atoms with Crippen molar-refractivity contribution in [3.63, 3.8) is 0 Å². The molecule has 0 aliphatic rings. The molecule has 0 bridgehead atoms. The van der Waals surface area contributed by atoms with Gasteiger partial charge in [-0.3, -0.25) is 9.67 Å². The Balaban J connectivity index is 2.39. The van der Waals surface area contributed by atoms with Crippen molar-refractivity contribution in [2.75, 3.05) is 0 Å². The van der Waals surface area contributed by atoms with E-state index in [4.69, 9.17) is 5.73 Å². The van der Waals surface area contributed by atoms with Gasteiger partial charge in [-0.2, -0.15) is 5.10 Å². The first-order chi connectivity index (χ1) is 8.13. The average molecular weight is 295 g/mol. The van der Waals surface area contributed by atoms with Crippen molar-refractivity contribution in [1.82, 2.24) is 14.8 Å². The van der Waals surface area contributed by atoms with E-state index in [1.54, 1.807) is 6.20 Å². The lowest BCUT2D eigenvalue weighted by atomic mass is 10.1. The zero-order valence-electron chi connectivity index (χ0n) is 9.89. The first-order valence-electron chi connectivity index (χ1n) is 5.52. The van der Waals surface area contributed by atoms with Crippen LogP contribution in [0.4, 0.5) is 0 Å². The van der Waals surface area contributed by atoms with E-state index in [1.165, 1.54) is 0 Å². The molecule has 0 aliphatic carbocycles. The predicted octanol–water partition coefficient (Wildman–Crippen LogP) is 2.42. The smallest absolute Gasteiger partial charge is 0.0749 e. The van der Waals surface area contributed by atoms with Gasteiger partial charge < -0.3 is 5.73 Å². The Morgan fingerprint density at radius 3 is 2.76 bits per heavy atom. The molecule has 4 nitrogen and oxygen atoms in total. The van der Waals surface area contributed by atoms with E-state index >= 15 is 0 Å². The molecule has 2 heterocycles. The van der Waals surface area contributed by atoms with Crippen molar-refractivity contribution in [3.05, 3.63) is 46.0 Å². The van der Waals surface area contributed by atoms with Crippen LogP contribution in [0.3, 0.4) is 0 Å². The fourth-order valence-corrected chi connectivity index (χ4v) is 2.30. The fourth-order valence-electron chi connectivity index (χ4n) is 1.75. The Hall–Kier alpha value is -1.20. The van der Waals surface area contributed by atoms with Crippen molar-refractivity contribution >= 4 is 15.9 Å². The van der Waals surface area contributed by atoms with Gasteiger partial charge in [-0.25, -0.2) is 0 Å². The molecule has 90 valence electrons. The van der Waals surface area contributed by atoms with Gasteiger partial charge in [0.15, 0.2) is 0 Å². The third-order valence-electron chi connectivity index (χ3n) is 2.72. The molecule has 0 radical (unpaired) electrons. The molecule has 2 rings (SSSR count). The van der Waals surface area contributed by atoms with Gasteiger partial charge in [0, 0.05) is 18.4 Å². The summed E-state index contributed by atoms with van der Waals surface area (Å²) in [7, 11) is 0. The van der Waals surface area contributed by atoms with Gasteiger partial charge in [-0.15, -0.1) is 0 Å². The number of nitrogens with two attached hydrogens (primary N) is 1. The Kier molecular flexibility index (Phi) is 3.59. The van der Waals surface area contributed by atoms with Gasteiger partial charge in [0.2, 0.25) is 0 Å². The maximum absolute atomic E-state index is 6.26. The third-order valence-corrected chi connectivity index (χ3v) is 3.33. The molecule has 0 spiro atoms. The van der Waals surface area contributed by atoms with Crippen LogP contribution >= 0.6 is 15.9 Å². The van der Waals surface area contributed by atoms with Gasteiger partial charge in [0.05, 0.1) is 22.4 Å². The van der Waals surface area contributed by atoms with E-state index in [0.717, 1.165) is 28.0 Å². The van der Waals surface area contributed by atoms with Gasteiger partial charge in [-0.1, -0.05) is 6.07 Å². The quantitative estimate of drug-likeness (QED) is 0.946. The summed E-state index contributed by atoms with van der Waals surface area (Å²) in [6, 6.07) is 3.77. The van der Waals surface area contributed by atoms with Crippen molar-refractivity contribution in [3.8, 4) is 0 Å². The summed E-state index contributed by atoms with van der Waals surface area (Å²) in [5, 5.41) is 4.27. The maximum atomic E-state index is 6.26. The molecule has 2 aromatic rings. The summed E-state index contributed by atoms with van der Waals surface area (Å²) in [4.78, 5) is 4.27. The fraction of sp³-hybridized carbons (Fsp3) is 0.333. The first-order valence-corrected chi connectivity index (χ1v) is 6.32. The molecule has 0 saturated heterocycles. The number of nitrogens with zero attached hydrogens (tertiary/aromatic N) is 3. The molecule has 2 N–H and O–H groups in total. The highest BCUT2D eigenvalue weighted by molar-refractivity contribution is 9.10. The molecule has 0 saturated carbocycles.